The minimum absolute atomic E-state index is 0.0591. The molecule has 0 spiro atoms. The molecular formula is C26H30FN5O3. The van der Waals surface area contributed by atoms with Crippen LogP contribution in [-0.2, 0) is 30.8 Å². The lowest BCUT2D eigenvalue weighted by Crippen LogP contribution is -2.45. The quantitative estimate of drug-likeness (QED) is 0.514. The van der Waals surface area contributed by atoms with Crippen molar-refractivity contribution in [2.75, 3.05) is 27.2 Å². The fourth-order valence-corrected chi connectivity index (χ4v) is 4.30. The summed E-state index contributed by atoms with van der Waals surface area (Å²) in [7, 11) is 4.00. The van der Waals surface area contributed by atoms with Gasteiger partial charge in [-0.1, -0.05) is 42.5 Å². The third-order valence-corrected chi connectivity index (χ3v) is 6.26. The van der Waals surface area contributed by atoms with Crippen molar-refractivity contribution >= 4 is 5.91 Å². The van der Waals surface area contributed by atoms with Gasteiger partial charge in [0.1, 0.15) is 11.6 Å². The predicted molar refractivity (Wildman–Crippen MR) is 130 cm³/mol. The zero-order valence-electron chi connectivity index (χ0n) is 19.9. The van der Waals surface area contributed by atoms with E-state index in [1.807, 2.05) is 32.3 Å². The predicted octanol–water partition coefficient (Wildman–Crippen LogP) is 2.07. The van der Waals surface area contributed by atoms with E-state index in [1.165, 1.54) is 22.3 Å². The van der Waals surface area contributed by atoms with Crippen LogP contribution in [0.4, 0.5) is 4.39 Å². The van der Waals surface area contributed by atoms with E-state index in [-0.39, 0.29) is 36.4 Å². The minimum Gasteiger partial charge on any atom is -0.502 e. The number of fused-ring (bicyclic) bond motifs is 1. The van der Waals surface area contributed by atoms with E-state index in [9.17, 15) is 19.1 Å². The van der Waals surface area contributed by atoms with Crippen LogP contribution < -0.4 is 10.9 Å². The van der Waals surface area contributed by atoms with Crippen molar-refractivity contribution in [2.45, 2.75) is 32.1 Å². The highest BCUT2D eigenvalue weighted by molar-refractivity contribution is 5.78. The van der Waals surface area contributed by atoms with Crippen LogP contribution in [0.15, 0.2) is 59.4 Å². The second kappa shape index (κ2) is 10.8. The molecule has 1 amide bonds. The van der Waals surface area contributed by atoms with Crippen molar-refractivity contribution < 1.29 is 14.3 Å². The monoisotopic (exact) mass is 479 g/mol. The van der Waals surface area contributed by atoms with Crippen LogP contribution in [0.5, 0.6) is 5.75 Å². The maximum absolute atomic E-state index is 13.1. The second-order valence-corrected chi connectivity index (χ2v) is 8.98. The standard InChI is InChI=1S/C26H30FN5O3/c1-30(16-19-6-4-3-5-7-19)17-22-25-29-21(24(34)26(35)32(25)13-12-31(22)2)14-23(33)28-15-18-8-10-20(27)11-9-18/h3-11,22,34H,12-17H2,1-2H3,(H,28,33). The van der Waals surface area contributed by atoms with Crippen LogP contribution in [0.1, 0.15) is 28.7 Å². The van der Waals surface area contributed by atoms with Crippen LogP contribution >= 0.6 is 0 Å². The highest BCUT2D eigenvalue weighted by atomic mass is 19.1. The van der Waals surface area contributed by atoms with Gasteiger partial charge < -0.3 is 15.3 Å². The zero-order chi connectivity index (χ0) is 24.9. The van der Waals surface area contributed by atoms with Crippen molar-refractivity contribution in [1.29, 1.82) is 0 Å². The maximum Gasteiger partial charge on any atom is 0.296 e. The van der Waals surface area contributed by atoms with Gasteiger partial charge in [0.25, 0.3) is 5.56 Å². The molecule has 0 aliphatic carbocycles. The molecule has 2 aromatic carbocycles. The van der Waals surface area contributed by atoms with Gasteiger partial charge in [-0.15, -0.1) is 0 Å². The number of carbonyl (C=O) groups is 1. The summed E-state index contributed by atoms with van der Waals surface area (Å²) >= 11 is 0. The number of rotatable bonds is 8. The Morgan fingerprint density at radius 1 is 1.14 bits per heavy atom. The number of likely N-dealkylation sites (N-methyl/N-ethyl adjacent to an activating group) is 2. The van der Waals surface area contributed by atoms with Gasteiger partial charge in [0.05, 0.1) is 18.2 Å². The van der Waals surface area contributed by atoms with E-state index in [0.29, 0.717) is 25.5 Å². The van der Waals surface area contributed by atoms with Crippen LogP contribution in [-0.4, -0.2) is 57.5 Å². The van der Waals surface area contributed by atoms with E-state index >= 15 is 0 Å². The van der Waals surface area contributed by atoms with Gasteiger partial charge in [-0.3, -0.25) is 19.1 Å². The summed E-state index contributed by atoms with van der Waals surface area (Å²) in [5.41, 5.74) is 1.46. The minimum atomic E-state index is -0.528. The van der Waals surface area contributed by atoms with Crippen molar-refractivity contribution in [2.24, 2.45) is 0 Å². The van der Waals surface area contributed by atoms with Gasteiger partial charge in [0, 0.05) is 32.7 Å². The van der Waals surface area contributed by atoms with E-state index in [1.54, 1.807) is 12.1 Å². The molecule has 3 aromatic rings. The lowest BCUT2D eigenvalue weighted by molar-refractivity contribution is -0.120. The summed E-state index contributed by atoms with van der Waals surface area (Å²) in [5.74, 6) is -0.685. The molecule has 0 saturated heterocycles. The number of amides is 1. The van der Waals surface area contributed by atoms with Crippen molar-refractivity contribution in [3.8, 4) is 5.75 Å². The Hall–Kier alpha value is -3.56. The number of halogens is 1. The molecule has 2 heterocycles. The molecule has 2 N–H and O–H groups in total. The summed E-state index contributed by atoms with van der Waals surface area (Å²) < 4.78 is 14.6. The number of nitrogens with one attached hydrogen (secondary N) is 1. The summed E-state index contributed by atoms with van der Waals surface area (Å²) in [6, 6.07) is 15.8. The molecule has 35 heavy (non-hydrogen) atoms. The van der Waals surface area contributed by atoms with Gasteiger partial charge in [0.2, 0.25) is 11.7 Å². The Morgan fingerprint density at radius 2 is 1.86 bits per heavy atom. The Balaban J connectivity index is 1.50. The van der Waals surface area contributed by atoms with Gasteiger partial charge >= 0.3 is 0 Å². The van der Waals surface area contributed by atoms with Gasteiger partial charge in [-0.05, 0) is 37.4 Å². The number of carbonyl (C=O) groups excluding carboxylic acids is 1. The number of aromatic nitrogens is 2. The van der Waals surface area contributed by atoms with E-state index < -0.39 is 11.3 Å². The number of hydrogen-bond acceptors (Lipinski definition) is 6. The topological polar surface area (TPSA) is 90.7 Å². The first-order valence-electron chi connectivity index (χ1n) is 11.6. The van der Waals surface area contributed by atoms with Gasteiger partial charge in [-0.25, -0.2) is 9.37 Å². The van der Waals surface area contributed by atoms with E-state index in [0.717, 1.165) is 12.1 Å². The normalized spacial score (nSPS) is 15.7. The highest BCUT2D eigenvalue weighted by Gasteiger charge is 2.30. The lowest BCUT2D eigenvalue weighted by Gasteiger charge is -2.36. The first-order chi connectivity index (χ1) is 16.8. The van der Waals surface area contributed by atoms with Crippen molar-refractivity contribution in [3.63, 3.8) is 0 Å². The molecule has 8 nitrogen and oxygen atoms in total. The highest BCUT2D eigenvalue weighted by Crippen LogP contribution is 2.25. The first kappa shape index (κ1) is 24.6. The summed E-state index contributed by atoms with van der Waals surface area (Å²) in [5, 5.41) is 13.2. The van der Waals surface area contributed by atoms with E-state index in [2.05, 4.69) is 32.2 Å². The molecule has 1 unspecified atom stereocenters. The van der Waals surface area contributed by atoms with Gasteiger partial charge in [0.15, 0.2) is 0 Å². The largest absolute Gasteiger partial charge is 0.502 e. The zero-order valence-corrected chi connectivity index (χ0v) is 19.9. The lowest BCUT2D eigenvalue weighted by atomic mass is 10.1. The number of benzene rings is 2. The first-order valence-corrected chi connectivity index (χ1v) is 11.6. The van der Waals surface area contributed by atoms with Crippen LogP contribution in [0, 0.1) is 5.82 Å². The summed E-state index contributed by atoms with van der Waals surface area (Å²) in [6.07, 6.45) is -0.230. The third-order valence-electron chi connectivity index (χ3n) is 6.26. The molecular weight excluding hydrogens is 449 g/mol. The Morgan fingerprint density at radius 3 is 2.57 bits per heavy atom. The smallest absolute Gasteiger partial charge is 0.296 e. The molecule has 184 valence electrons. The SMILES string of the molecule is CN(Cc1ccccc1)CC1c2nc(CC(=O)NCc3ccc(F)cc3)c(O)c(=O)n2CCN1C. The molecule has 9 heteroatoms. The molecule has 0 radical (unpaired) electrons. The van der Waals surface area contributed by atoms with Gasteiger partial charge in [-0.2, -0.15) is 0 Å². The average Bonchev–Trinajstić information content (AvgIpc) is 2.84. The third kappa shape index (κ3) is 5.93. The molecule has 1 aliphatic heterocycles. The Kier molecular flexibility index (Phi) is 7.57. The maximum atomic E-state index is 13.1. The van der Waals surface area contributed by atoms with Crippen LogP contribution in [0.25, 0.3) is 0 Å². The fraction of sp³-hybridized carbons (Fsp3) is 0.346. The molecule has 4 rings (SSSR count). The van der Waals surface area contributed by atoms with Crippen LogP contribution in [0.3, 0.4) is 0 Å². The molecule has 1 atom stereocenters. The Bertz CT molecular complexity index is 1230. The van der Waals surface area contributed by atoms with Crippen LogP contribution in [0.2, 0.25) is 0 Å². The van der Waals surface area contributed by atoms with Crippen molar-refractivity contribution in [1.82, 2.24) is 24.7 Å². The molecule has 0 bridgehead atoms. The molecule has 1 aromatic heterocycles. The number of nitrogens with zero attached hydrogens (tertiary/aromatic N) is 4. The fourth-order valence-electron chi connectivity index (χ4n) is 4.30. The second-order valence-electron chi connectivity index (χ2n) is 8.98. The molecule has 0 fully saturated rings. The Labute approximate surface area is 203 Å². The number of hydrogen-bond donors (Lipinski definition) is 2. The van der Waals surface area contributed by atoms with E-state index in [4.69, 9.17) is 0 Å². The molecule has 0 saturated carbocycles. The number of aromatic hydroxyl groups is 1. The summed E-state index contributed by atoms with van der Waals surface area (Å²) in [6.45, 7) is 2.64. The van der Waals surface area contributed by atoms with Crippen molar-refractivity contribution in [3.05, 3.63) is 93.4 Å². The molecule has 1 aliphatic rings. The summed E-state index contributed by atoms with van der Waals surface area (Å²) in [4.78, 5) is 34.4. The average molecular weight is 480 g/mol.